The summed E-state index contributed by atoms with van der Waals surface area (Å²) in [5.74, 6) is -1.18. The molecule has 0 unspecified atom stereocenters. The van der Waals surface area contributed by atoms with Crippen LogP contribution in [0.1, 0.15) is 62.3 Å². The predicted molar refractivity (Wildman–Crippen MR) is 122 cm³/mol. The van der Waals surface area contributed by atoms with Crippen LogP contribution in [-0.4, -0.2) is 37.3 Å². The minimum atomic E-state index is -0.793. The molecule has 0 radical (unpaired) electrons. The Morgan fingerprint density at radius 1 is 1.21 bits per heavy atom. The molecule has 0 saturated heterocycles. The molecule has 0 N–H and O–H groups in total. The van der Waals surface area contributed by atoms with Gasteiger partial charge in [0.1, 0.15) is 11.4 Å². The van der Waals surface area contributed by atoms with Gasteiger partial charge in [0.2, 0.25) is 0 Å². The molecule has 9 heteroatoms. The number of ether oxygens (including phenoxy) is 1. The first kappa shape index (κ1) is 23.1. The first-order valence-corrected chi connectivity index (χ1v) is 10.8. The normalized spacial score (nSPS) is 13.2. The SMILES string of the molecule is CC(C)n1ccc(-c2cc(-c3c(F)cccc3C#N)nc3c2C(=O)N(C(=O)OC(C)(C)C)C3)n1. The molecule has 0 atom stereocenters. The number of halogens is 1. The van der Waals surface area contributed by atoms with Crippen molar-refractivity contribution in [2.45, 2.75) is 52.8 Å². The zero-order valence-corrected chi connectivity index (χ0v) is 19.6. The zero-order valence-electron chi connectivity index (χ0n) is 19.6. The summed E-state index contributed by atoms with van der Waals surface area (Å²) in [4.78, 5) is 31.5. The van der Waals surface area contributed by atoms with E-state index in [4.69, 9.17) is 4.74 Å². The van der Waals surface area contributed by atoms with E-state index in [1.807, 2.05) is 19.9 Å². The van der Waals surface area contributed by atoms with Crippen LogP contribution in [0.25, 0.3) is 22.5 Å². The molecule has 0 fully saturated rings. The fraction of sp³-hybridized carbons (Fsp3) is 0.320. The number of fused-ring (bicyclic) bond motifs is 1. The maximum absolute atomic E-state index is 14.8. The van der Waals surface area contributed by atoms with Crippen LogP contribution in [0.4, 0.5) is 9.18 Å². The average Bonchev–Trinajstić information content (AvgIpc) is 3.37. The number of hydrogen-bond acceptors (Lipinski definition) is 6. The van der Waals surface area contributed by atoms with Gasteiger partial charge < -0.3 is 4.74 Å². The molecule has 2 amide bonds. The lowest BCUT2D eigenvalue weighted by atomic mass is 9.98. The highest BCUT2D eigenvalue weighted by Gasteiger charge is 2.39. The summed E-state index contributed by atoms with van der Waals surface area (Å²) in [5, 5.41) is 14.1. The number of pyridine rings is 1. The van der Waals surface area contributed by atoms with E-state index in [1.165, 1.54) is 18.2 Å². The van der Waals surface area contributed by atoms with E-state index in [0.29, 0.717) is 11.3 Å². The number of carbonyl (C=O) groups is 2. The molecule has 3 heterocycles. The number of carbonyl (C=O) groups excluding carboxylic acids is 2. The number of aromatic nitrogens is 3. The molecule has 174 valence electrons. The van der Waals surface area contributed by atoms with Crippen molar-refractivity contribution in [2.75, 3.05) is 0 Å². The van der Waals surface area contributed by atoms with Crippen molar-refractivity contribution in [3.05, 3.63) is 59.2 Å². The Hall–Kier alpha value is -4.06. The fourth-order valence-electron chi connectivity index (χ4n) is 3.75. The smallest absolute Gasteiger partial charge is 0.417 e. The second-order valence-corrected chi connectivity index (χ2v) is 9.30. The summed E-state index contributed by atoms with van der Waals surface area (Å²) in [6.07, 6.45) is 0.987. The molecule has 0 bridgehead atoms. The molecule has 1 aliphatic rings. The number of nitriles is 1. The number of hydrogen-bond donors (Lipinski definition) is 0. The molecule has 1 aromatic carbocycles. The second kappa shape index (κ2) is 8.37. The van der Waals surface area contributed by atoms with E-state index >= 15 is 0 Å². The highest BCUT2D eigenvalue weighted by atomic mass is 19.1. The lowest BCUT2D eigenvalue weighted by molar-refractivity contribution is 0.0247. The van der Waals surface area contributed by atoms with Gasteiger partial charge in [0.25, 0.3) is 5.91 Å². The lowest BCUT2D eigenvalue weighted by Crippen LogP contribution is -2.37. The van der Waals surface area contributed by atoms with Crippen LogP contribution in [0.3, 0.4) is 0 Å². The standard InChI is InChI=1S/C25H24FN5O3/c1-14(2)31-10-9-18(29-31)16-11-19(21-15(12-27)7-6-8-17(21)26)28-20-13-30(23(32)22(16)20)24(33)34-25(3,4)5/h6-11,14H,13H2,1-5H3. The maximum atomic E-state index is 14.8. The molecule has 0 aliphatic carbocycles. The molecule has 4 rings (SSSR count). The number of rotatable bonds is 3. The molecule has 34 heavy (non-hydrogen) atoms. The van der Waals surface area contributed by atoms with Crippen molar-refractivity contribution in [1.29, 1.82) is 5.26 Å². The largest absolute Gasteiger partial charge is 0.443 e. The molecule has 8 nitrogen and oxygen atoms in total. The van der Waals surface area contributed by atoms with Gasteiger partial charge in [-0.15, -0.1) is 0 Å². The second-order valence-electron chi connectivity index (χ2n) is 9.30. The van der Waals surface area contributed by atoms with Crippen LogP contribution >= 0.6 is 0 Å². The Labute approximate surface area is 196 Å². The third kappa shape index (κ3) is 4.15. The first-order valence-electron chi connectivity index (χ1n) is 10.8. The zero-order chi connectivity index (χ0) is 24.8. The lowest BCUT2D eigenvalue weighted by Gasteiger charge is -2.23. The average molecular weight is 461 g/mol. The number of imide groups is 1. The van der Waals surface area contributed by atoms with Gasteiger partial charge >= 0.3 is 6.09 Å². The Kier molecular flexibility index (Phi) is 5.69. The Balaban J connectivity index is 1.91. The van der Waals surface area contributed by atoms with Gasteiger partial charge in [-0.25, -0.2) is 19.1 Å². The molecular formula is C25H24FN5O3. The van der Waals surface area contributed by atoms with E-state index in [0.717, 1.165) is 4.90 Å². The van der Waals surface area contributed by atoms with Gasteiger partial charge in [-0.05, 0) is 58.9 Å². The highest BCUT2D eigenvalue weighted by Crippen LogP contribution is 2.36. The number of amides is 2. The summed E-state index contributed by atoms with van der Waals surface area (Å²) < 4.78 is 21.9. The summed E-state index contributed by atoms with van der Waals surface area (Å²) in [6.45, 7) is 8.92. The van der Waals surface area contributed by atoms with Crippen molar-refractivity contribution < 1.29 is 18.7 Å². The van der Waals surface area contributed by atoms with Crippen molar-refractivity contribution in [1.82, 2.24) is 19.7 Å². The molecule has 2 aromatic heterocycles. The number of nitrogens with zero attached hydrogens (tertiary/aromatic N) is 5. The van der Waals surface area contributed by atoms with Crippen LogP contribution in [0, 0.1) is 17.1 Å². The van der Waals surface area contributed by atoms with Gasteiger partial charge in [-0.1, -0.05) is 6.07 Å². The topological polar surface area (TPSA) is 101 Å². The molecule has 1 aliphatic heterocycles. The Morgan fingerprint density at radius 2 is 1.94 bits per heavy atom. The van der Waals surface area contributed by atoms with Crippen molar-refractivity contribution >= 4 is 12.0 Å². The maximum Gasteiger partial charge on any atom is 0.417 e. The van der Waals surface area contributed by atoms with Crippen LogP contribution in [0.15, 0.2) is 36.5 Å². The van der Waals surface area contributed by atoms with E-state index in [2.05, 4.69) is 10.1 Å². The molecular weight excluding hydrogens is 437 g/mol. The third-order valence-electron chi connectivity index (χ3n) is 5.28. The van der Waals surface area contributed by atoms with Crippen molar-refractivity contribution in [3.63, 3.8) is 0 Å². The number of benzene rings is 1. The van der Waals surface area contributed by atoms with E-state index in [1.54, 1.807) is 43.8 Å². The highest BCUT2D eigenvalue weighted by molar-refractivity contribution is 6.10. The molecule has 0 spiro atoms. The van der Waals surface area contributed by atoms with Gasteiger partial charge in [0.05, 0.1) is 46.4 Å². The van der Waals surface area contributed by atoms with Gasteiger partial charge in [0, 0.05) is 17.8 Å². The van der Waals surface area contributed by atoms with E-state index in [9.17, 15) is 19.2 Å². The van der Waals surface area contributed by atoms with Crippen LogP contribution in [-0.2, 0) is 11.3 Å². The Bertz CT molecular complexity index is 1350. The van der Waals surface area contributed by atoms with Gasteiger partial charge in [-0.2, -0.15) is 10.4 Å². The predicted octanol–water partition coefficient (Wildman–Crippen LogP) is 5.09. The summed E-state index contributed by atoms with van der Waals surface area (Å²) in [7, 11) is 0. The molecule has 3 aromatic rings. The third-order valence-corrected chi connectivity index (χ3v) is 5.28. The van der Waals surface area contributed by atoms with Crippen LogP contribution in [0.2, 0.25) is 0 Å². The summed E-state index contributed by atoms with van der Waals surface area (Å²) in [6, 6.07) is 9.55. The van der Waals surface area contributed by atoms with Crippen molar-refractivity contribution in [2.24, 2.45) is 0 Å². The van der Waals surface area contributed by atoms with Gasteiger partial charge in [0.15, 0.2) is 0 Å². The minimum Gasteiger partial charge on any atom is -0.443 e. The van der Waals surface area contributed by atoms with Gasteiger partial charge in [-0.3, -0.25) is 9.48 Å². The van der Waals surface area contributed by atoms with Crippen LogP contribution in [0.5, 0.6) is 0 Å². The van der Waals surface area contributed by atoms with E-state index in [-0.39, 0.29) is 40.7 Å². The summed E-state index contributed by atoms with van der Waals surface area (Å²) in [5.41, 5.74) is 0.901. The summed E-state index contributed by atoms with van der Waals surface area (Å²) >= 11 is 0. The quantitative estimate of drug-likeness (QED) is 0.538. The van der Waals surface area contributed by atoms with Crippen LogP contribution < -0.4 is 0 Å². The first-order chi connectivity index (χ1) is 16.0. The van der Waals surface area contributed by atoms with E-state index < -0.39 is 23.4 Å². The minimum absolute atomic E-state index is 0.0282. The van der Waals surface area contributed by atoms with Crippen molar-refractivity contribution in [3.8, 4) is 28.6 Å². The fourth-order valence-corrected chi connectivity index (χ4v) is 3.75. The molecule has 0 saturated carbocycles. The monoisotopic (exact) mass is 461 g/mol. The Morgan fingerprint density at radius 3 is 2.56 bits per heavy atom.